The summed E-state index contributed by atoms with van der Waals surface area (Å²) in [4.78, 5) is 14.1. The Morgan fingerprint density at radius 3 is 2.67 bits per heavy atom. The van der Waals surface area contributed by atoms with E-state index in [-0.39, 0.29) is 5.91 Å². The van der Waals surface area contributed by atoms with E-state index in [0.29, 0.717) is 17.5 Å². The third kappa shape index (κ3) is 3.24. The first-order valence-corrected chi connectivity index (χ1v) is 6.77. The standard InChI is InChI=1S/C14H19ClN2O/c1-16-12-6-8-17(9-7-12)14(18)10-11-4-2-3-5-13(11)15/h2-5,12,16H,6-10H2,1H3. The number of likely N-dealkylation sites (tertiary alicyclic amines) is 1. The molecule has 0 atom stereocenters. The maximum absolute atomic E-state index is 12.2. The number of carbonyl (C=O) groups is 1. The summed E-state index contributed by atoms with van der Waals surface area (Å²) in [5, 5.41) is 3.94. The maximum atomic E-state index is 12.2. The minimum Gasteiger partial charge on any atom is -0.342 e. The summed E-state index contributed by atoms with van der Waals surface area (Å²) in [6.45, 7) is 1.68. The van der Waals surface area contributed by atoms with Gasteiger partial charge in [0.05, 0.1) is 6.42 Å². The largest absolute Gasteiger partial charge is 0.342 e. The van der Waals surface area contributed by atoms with Crippen molar-refractivity contribution in [1.29, 1.82) is 0 Å². The van der Waals surface area contributed by atoms with Gasteiger partial charge in [0.15, 0.2) is 0 Å². The van der Waals surface area contributed by atoms with Gasteiger partial charge in [-0.3, -0.25) is 4.79 Å². The monoisotopic (exact) mass is 266 g/mol. The zero-order valence-electron chi connectivity index (χ0n) is 10.7. The Bertz CT molecular complexity index is 414. The number of hydrogen-bond donors (Lipinski definition) is 1. The van der Waals surface area contributed by atoms with E-state index in [1.807, 2.05) is 36.2 Å². The summed E-state index contributed by atoms with van der Waals surface area (Å²) >= 11 is 6.07. The predicted molar refractivity (Wildman–Crippen MR) is 73.8 cm³/mol. The Hall–Kier alpha value is -1.06. The highest BCUT2D eigenvalue weighted by molar-refractivity contribution is 6.31. The Balaban J connectivity index is 1.91. The summed E-state index contributed by atoms with van der Waals surface area (Å²) in [7, 11) is 1.98. The number of nitrogens with one attached hydrogen (secondary N) is 1. The summed E-state index contributed by atoms with van der Waals surface area (Å²) < 4.78 is 0. The molecule has 1 aliphatic heterocycles. The second-order valence-corrected chi connectivity index (χ2v) is 5.12. The summed E-state index contributed by atoms with van der Waals surface area (Å²) in [6, 6.07) is 8.10. The van der Waals surface area contributed by atoms with E-state index in [9.17, 15) is 4.79 Å². The molecule has 0 aliphatic carbocycles. The number of halogens is 1. The van der Waals surface area contributed by atoms with Crippen LogP contribution in [0.3, 0.4) is 0 Å². The molecule has 18 heavy (non-hydrogen) atoms. The first-order chi connectivity index (χ1) is 8.70. The number of carbonyl (C=O) groups excluding carboxylic acids is 1. The second kappa shape index (κ2) is 6.21. The molecule has 1 amide bonds. The van der Waals surface area contributed by atoms with E-state index < -0.39 is 0 Å². The van der Waals surface area contributed by atoms with Crippen molar-refractivity contribution in [3.05, 3.63) is 34.9 Å². The van der Waals surface area contributed by atoms with Gasteiger partial charge in [-0.1, -0.05) is 29.8 Å². The van der Waals surface area contributed by atoms with E-state index in [1.54, 1.807) is 0 Å². The highest BCUT2D eigenvalue weighted by Crippen LogP contribution is 2.17. The van der Waals surface area contributed by atoms with Gasteiger partial charge in [-0.15, -0.1) is 0 Å². The Morgan fingerprint density at radius 2 is 2.06 bits per heavy atom. The molecular weight excluding hydrogens is 248 g/mol. The molecular formula is C14H19ClN2O. The topological polar surface area (TPSA) is 32.3 Å². The zero-order valence-corrected chi connectivity index (χ0v) is 11.4. The van der Waals surface area contributed by atoms with Crippen LogP contribution >= 0.6 is 11.6 Å². The van der Waals surface area contributed by atoms with Crippen LogP contribution in [0.25, 0.3) is 0 Å². The number of piperidine rings is 1. The van der Waals surface area contributed by atoms with Crippen molar-refractivity contribution in [1.82, 2.24) is 10.2 Å². The van der Waals surface area contributed by atoms with Crippen molar-refractivity contribution >= 4 is 17.5 Å². The fourth-order valence-electron chi connectivity index (χ4n) is 2.33. The molecule has 3 nitrogen and oxygen atoms in total. The van der Waals surface area contributed by atoms with Crippen LogP contribution in [0, 0.1) is 0 Å². The van der Waals surface area contributed by atoms with Gasteiger partial charge in [0.25, 0.3) is 0 Å². The first-order valence-electron chi connectivity index (χ1n) is 6.39. The van der Waals surface area contributed by atoms with Gasteiger partial charge in [-0.05, 0) is 31.5 Å². The van der Waals surface area contributed by atoms with Crippen LogP contribution in [-0.2, 0) is 11.2 Å². The maximum Gasteiger partial charge on any atom is 0.227 e. The Morgan fingerprint density at radius 1 is 1.39 bits per heavy atom. The van der Waals surface area contributed by atoms with Gasteiger partial charge in [-0.2, -0.15) is 0 Å². The van der Waals surface area contributed by atoms with Crippen molar-refractivity contribution in [2.45, 2.75) is 25.3 Å². The molecule has 1 saturated heterocycles. The summed E-state index contributed by atoms with van der Waals surface area (Å²) in [5.74, 6) is 0.178. The van der Waals surface area contributed by atoms with E-state index >= 15 is 0 Å². The van der Waals surface area contributed by atoms with Crippen molar-refractivity contribution in [2.75, 3.05) is 20.1 Å². The molecule has 0 spiro atoms. The fourth-order valence-corrected chi connectivity index (χ4v) is 2.54. The lowest BCUT2D eigenvalue weighted by Gasteiger charge is -2.32. The highest BCUT2D eigenvalue weighted by atomic mass is 35.5. The number of hydrogen-bond acceptors (Lipinski definition) is 2. The average Bonchev–Trinajstić information content (AvgIpc) is 2.41. The molecule has 0 bridgehead atoms. The molecule has 0 radical (unpaired) electrons. The van der Waals surface area contributed by atoms with Gasteiger partial charge in [-0.25, -0.2) is 0 Å². The average molecular weight is 267 g/mol. The van der Waals surface area contributed by atoms with Crippen LogP contribution in [0.4, 0.5) is 0 Å². The lowest BCUT2D eigenvalue weighted by molar-refractivity contribution is -0.131. The molecule has 1 aliphatic rings. The van der Waals surface area contributed by atoms with E-state index in [2.05, 4.69) is 5.32 Å². The molecule has 1 aromatic rings. The number of rotatable bonds is 3. The molecule has 4 heteroatoms. The van der Waals surface area contributed by atoms with Crippen LogP contribution in [0.2, 0.25) is 5.02 Å². The van der Waals surface area contributed by atoms with Crippen molar-refractivity contribution in [3.8, 4) is 0 Å². The van der Waals surface area contributed by atoms with Gasteiger partial charge in [0.1, 0.15) is 0 Å². The van der Waals surface area contributed by atoms with Gasteiger partial charge < -0.3 is 10.2 Å². The predicted octanol–water partition coefficient (Wildman–Crippen LogP) is 2.09. The third-order valence-corrected chi connectivity index (χ3v) is 3.92. The molecule has 1 aromatic carbocycles. The van der Waals surface area contributed by atoms with Crippen LogP contribution in [0.5, 0.6) is 0 Å². The summed E-state index contributed by atoms with van der Waals surface area (Å²) in [6.07, 6.45) is 2.47. The van der Waals surface area contributed by atoms with Gasteiger partial charge >= 0.3 is 0 Å². The van der Waals surface area contributed by atoms with E-state index in [1.165, 1.54) is 0 Å². The molecule has 0 aromatic heterocycles. The number of amides is 1. The fraction of sp³-hybridized carbons (Fsp3) is 0.500. The summed E-state index contributed by atoms with van der Waals surface area (Å²) in [5.41, 5.74) is 0.917. The lowest BCUT2D eigenvalue weighted by atomic mass is 10.0. The molecule has 1 N–H and O–H groups in total. The van der Waals surface area contributed by atoms with Crippen LogP contribution < -0.4 is 5.32 Å². The van der Waals surface area contributed by atoms with Crippen molar-refractivity contribution < 1.29 is 4.79 Å². The molecule has 1 fully saturated rings. The van der Waals surface area contributed by atoms with E-state index in [4.69, 9.17) is 11.6 Å². The molecule has 98 valence electrons. The Labute approximate surface area is 113 Å². The zero-order chi connectivity index (χ0) is 13.0. The SMILES string of the molecule is CNC1CCN(C(=O)Cc2ccccc2Cl)CC1. The van der Waals surface area contributed by atoms with Crippen molar-refractivity contribution in [2.24, 2.45) is 0 Å². The number of benzene rings is 1. The number of nitrogens with zero attached hydrogens (tertiary/aromatic N) is 1. The van der Waals surface area contributed by atoms with Crippen LogP contribution in [-0.4, -0.2) is 37.0 Å². The van der Waals surface area contributed by atoms with Crippen molar-refractivity contribution in [3.63, 3.8) is 0 Å². The molecule has 2 rings (SSSR count). The molecule has 0 saturated carbocycles. The Kier molecular flexibility index (Phi) is 4.61. The van der Waals surface area contributed by atoms with Gasteiger partial charge in [0, 0.05) is 24.2 Å². The molecule has 0 unspecified atom stereocenters. The van der Waals surface area contributed by atoms with E-state index in [0.717, 1.165) is 31.5 Å². The normalized spacial score (nSPS) is 16.9. The second-order valence-electron chi connectivity index (χ2n) is 4.71. The van der Waals surface area contributed by atoms with Crippen LogP contribution in [0.15, 0.2) is 24.3 Å². The quantitative estimate of drug-likeness (QED) is 0.909. The first kappa shape index (κ1) is 13.4. The van der Waals surface area contributed by atoms with Crippen LogP contribution in [0.1, 0.15) is 18.4 Å². The third-order valence-electron chi connectivity index (χ3n) is 3.56. The van der Waals surface area contributed by atoms with Gasteiger partial charge in [0.2, 0.25) is 5.91 Å². The minimum absolute atomic E-state index is 0.178. The molecule has 1 heterocycles. The lowest BCUT2D eigenvalue weighted by Crippen LogP contribution is -2.44. The minimum atomic E-state index is 0.178. The highest BCUT2D eigenvalue weighted by Gasteiger charge is 2.22. The smallest absolute Gasteiger partial charge is 0.227 e.